The number of hydrogen-bond acceptors (Lipinski definition) is 2. The van der Waals surface area contributed by atoms with E-state index in [-0.39, 0.29) is 0 Å². The third-order valence-corrected chi connectivity index (χ3v) is 5.19. The average molecular weight is 323 g/mol. The van der Waals surface area contributed by atoms with E-state index in [9.17, 15) is 0 Å². The van der Waals surface area contributed by atoms with Crippen LogP contribution in [0.2, 0.25) is 0 Å². The molecule has 2 heteroatoms. The van der Waals surface area contributed by atoms with Crippen molar-refractivity contribution in [3.05, 3.63) is 65.2 Å². The van der Waals surface area contributed by atoms with Gasteiger partial charge in [0.2, 0.25) is 0 Å². The number of ether oxygens (including phenoxy) is 1. The third-order valence-electron chi connectivity index (χ3n) is 5.19. The molecule has 0 spiro atoms. The van der Waals surface area contributed by atoms with E-state index in [2.05, 4.69) is 60.4 Å². The van der Waals surface area contributed by atoms with Crippen molar-refractivity contribution in [1.82, 2.24) is 4.90 Å². The summed E-state index contributed by atoms with van der Waals surface area (Å²) < 4.78 is 5.61. The fourth-order valence-corrected chi connectivity index (χ4v) is 3.92. The Morgan fingerprint density at radius 2 is 1.88 bits per heavy atom. The minimum absolute atomic E-state index is 0.637. The lowest BCUT2D eigenvalue weighted by Crippen LogP contribution is -2.41. The third kappa shape index (κ3) is 3.99. The van der Waals surface area contributed by atoms with Crippen LogP contribution in [0.5, 0.6) is 5.75 Å². The number of aryl methyl sites for hydroxylation is 1. The molecule has 0 N–H and O–H groups in total. The van der Waals surface area contributed by atoms with E-state index in [4.69, 9.17) is 4.74 Å². The smallest absolute Gasteiger partial charge is 0.122 e. The lowest BCUT2D eigenvalue weighted by molar-refractivity contribution is 0.180. The fraction of sp³-hybridized carbons (Fsp3) is 0.455. The predicted octanol–water partition coefficient (Wildman–Crippen LogP) is 4.51. The Balaban J connectivity index is 1.70. The lowest BCUT2D eigenvalue weighted by atomic mass is 9.86. The van der Waals surface area contributed by atoms with Gasteiger partial charge in [0.05, 0.1) is 7.11 Å². The summed E-state index contributed by atoms with van der Waals surface area (Å²) in [6, 6.07) is 18.0. The first-order valence-electron chi connectivity index (χ1n) is 9.24. The Bertz CT molecular complexity index is 623. The largest absolute Gasteiger partial charge is 0.496 e. The van der Waals surface area contributed by atoms with Crippen LogP contribution >= 0.6 is 0 Å². The van der Waals surface area contributed by atoms with E-state index in [1.165, 1.54) is 42.5 Å². The molecule has 3 rings (SSSR count). The highest BCUT2D eigenvalue weighted by molar-refractivity contribution is 5.42. The highest BCUT2D eigenvalue weighted by atomic mass is 16.5. The van der Waals surface area contributed by atoms with Gasteiger partial charge in [0.1, 0.15) is 5.75 Å². The molecule has 1 aliphatic rings. The summed E-state index contributed by atoms with van der Waals surface area (Å²) in [7, 11) is 1.79. The van der Waals surface area contributed by atoms with Crippen molar-refractivity contribution in [3.8, 4) is 5.75 Å². The van der Waals surface area contributed by atoms with E-state index in [0.29, 0.717) is 6.04 Å². The Labute approximate surface area is 146 Å². The molecule has 2 aromatic carbocycles. The van der Waals surface area contributed by atoms with Crippen LogP contribution in [0.25, 0.3) is 0 Å². The molecule has 0 fully saturated rings. The van der Waals surface area contributed by atoms with Gasteiger partial charge in [0.15, 0.2) is 0 Å². The van der Waals surface area contributed by atoms with Crippen molar-refractivity contribution in [1.29, 1.82) is 0 Å². The van der Waals surface area contributed by atoms with Gasteiger partial charge in [-0.2, -0.15) is 0 Å². The molecule has 1 atom stereocenters. The van der Waals surface area contributed by atoms with Crippen molar-refractivity contribution >= 4 is 0 Å². The summed E-state index contributed by atoms with van der Waals surface area (Å²) in [4.78, 5) is 2.70. The minimum atomic E-state index is 0.637. The van der Waals surface area contributed by atoms with E-state index in [1.54, 1.807) is 7.11 Å². The van der Waals surface area contributed by atoms with Crippen LogP contribution in [0.15, 0.2) is 48.5 Å². The van der Waals surface area contributed by atoms with Crippen LogP contribution in [-0.2, 0) is 19.3 Å². The van der Waals surface area contributed by atoms with Gasteiger partial charge in [0.25, 0.3) is 0 Å². The maximum absolute atomic E-state index is 5.61. The molecule has 0 amide bonds. The van der Waals surface area contributed by atoms with Gasteiger partial charge in [-0.15, -0.1) is 0 Å². The van der Waals surface area contributed by atoms with Crippen molar-refractivity contribution in [2.24, 2.45) is 0 Å². The van der Waals surface area contributed by atoms with Crippen LogP contribution in [-0.4, -0.2) is 31.1 Å². The number of methoxy groups -OCH3 is 1. The highest BCUT2D eigenvalue weighted by Crippen LogP contribution is 2.31. The Kier molecular flexibility index (Phi) is 5.92. The molecule has 0 bridgehead atoms. The summed E-state index contributed by atoms with van der Waals surface area (Å²) in [5.41, 5.74) is 4.34. The van der Waals surface area contributed by atoms with Gasteiger partial charge >= 0.3 is 0 Å². The molecule has 0 radical (unpaired) electrons. The number of fused-ring (bicyclic) bond motifs is 1. The molecular formula is C22H29NO. The molecule has 0 heterocycles. The molecule has 0 aliphatic heterocycles. The van der Waals surface area contributed by atoms with E-state index in [0.717, 1.165) is 25.1 Å². The summed E-state index contributed by atoms with van der Waals surface area (Å²) in [6.45, 7) is 4.61. The van der Waals surface area contributed by atoms with Crippen LogP contribution in [0.3, 0.4) is 0 Å². The molecule has 0 saturated carbocycles. The monoisotopic (exact) mass is 323 g/mol. The minimum Gasteiger partial charge on any atom is -0.496 e. The number of nitrogens with zero attached hydrogens (tertiary/aromatic N) is 1. The first-order valence-corrected chi connectivity index (χ1v) is 9.24. The molecule has 128 valence electrons. The van der Waals surface area contributed by atoms with Crippen LogP contribution in [0.1, 0.15) is 36.5 Å². The summed E-state index contributed by atoms with van der Waals surface area (Å²) in [5.74, 6) is 1.07. The topological polar surface area (TPSA) is 12.5 Å². The molecule has 1 aliphatic carbocycles. The van der Waals surface area contributed by atoms with Crippen molar-refractivity contribution < 1.29 is 4.74 Å². The number of benzene rings is 2. The zero-order valence-corrected chi connectivity index (χ0v) is 15.0. The first kappa shape index (κ1) is 17.0. The Morgan fingerprint density at radius 3 is 2.62 bits per heavy atom. The molecule has 2 nitrogen and oxygen atoms in total. The van der Waals surface area contributed by atoms with Gasteiger partial charge in [0, 0.05) is 12.6 Å². The van der Waals surface area contributed by atoms with Gasteiger partial charge in [-0.3, -0.25) is 4.90 Å². The maximum Gasteiger partial charge on any atom is 0.122 e. The van der Waals surface area contributed by atoms with E-state index >= 15 is 0 Å². The lowest BCUT2D eigenvalue weighted by Gasteiger charge is -2.35. The summed E-state index contributed by atoms with van der Waals surface area (Å²) >= 11 is 0. The van der Waals surface area contributed by atoms with Gasteiger partial charge in [-0.25, -0.2) is 0 Å². The fourth-order valence-electron chi connectivity index (χ4n) is 3.92. The highest BCUT2D eigenvalue weighted by Gasteiger charge is 2.25. The quantitative estimate of drug-likeness (QED) is 0.743. The molecular weight excluding hydrogens is 294 g/mol. The second-order valence-electron chi connectivity index (χ2n) is 6.77. The predicted molar refractivity (Wildman–Crippen MR) is 101 cm³/mol. The van der Waals surface area contributed by atoms with Crippen LogP contribution in [0, 0.1) is 0 Å². The maximum atomic E-state index is 5.61. The van der Waals surface area contributed by atoms with Gasteiger partial charge in [-0.05, 0) is 61.4 Å². The molecule has 0 saturated heterocycles. The second kappa shape index (κ2) is 8.34. The summed E-state index contributed by atoms with van der Waals surface area (Å²) in [5, 5.41) is 0. The zero-order valence-electron chi connectivity index (χ0n) is 15.0. The Morgan fingerprint density at radius 1 is 1.04 bits per heavy atom. The van der Waals surface area contributed by atoms with Gasteiger partial charge in [-0.1, -0.05) is 49.4 Å². The summed E-state index contributed by atoms with van der Waals surface area (Å²) in [6.07, 6.45) is 5.89. The van der Waals surface area contributed by atoms with Crippen LogP contribution < -0.4 is 4.74 Å². The molecule has 0 aromatic heterocycles. The average Bonchev–Trinajstić information content (AvgIpc) is 2.65. The van der Waals surface area contributed by atoms with E-state index < -0.39 is 0 Å². The normalized spacial score (nSPS) is 16.9. The zero-order chi connectivity index (χ0) is 16.8. The van der Waals surface area contributed by atoms with Crippen LogP contribution in [0.4, 0.5) is 0 Å². The van der Waals surface area contributed by atoms with E-state index in [1.807, 2.05) is 0 Å². The number of rotatable bonds is 7. The molecule has 0 unspecified atom stereocenters. The van der Waals surface area contributed by atoms with Crippen molar-refractivity contribution in [2.45, 2.75) is 45.1 Å². The first-order chi connectivity index (χ1) is 11.8. The second-order valence-corrected chi connectivity index (χ2v) is 6.77. The molecule has 2 aromatic rings. The standard InChI is InChI=1S/C22H29NO/c1-3-15-23(16-14-18-8-5-4-6-9-18)20-13-12-19-10-7-11-22(24-2)21(19)17-20/h4-11,20H,3,12-17H2,1-2H3/t20-/m1/s1. The van der Waals surface area contributed by atoms with Crippen molar-refractivity contribution in [2.75, 3.05) is 20.2 Å². The SMILES string of the molecule is CCCN(CCc1ccccc1)[C@@H]1CCc2cccc(OC)c2C1. The van der Waals surface area contributed by atoms with Gasteiger partial charge < -0.3 is 4.74 Å². The molecule has 24 heavy (non-hydrogen) atoms. The van der Waals surface area contributed by atoms with Crippen molar-refractivity contribution in [3.63, 3.8) is 0 Å². The number of hydrogen-bond donors (Lipinski definition) is 0. The Hall–Kier alpha value is -1.80.